The van der Waals surface area contributed by atoms with Crippen LogP contribution >= 0.6 is 11.6 Å². The Labute approximate surface area is 100 Å². The summed E-state index contributed by atoms with van der Waals surface area (Å²) in [6.07, 6.45) is 1.51. The summed E-state index contributed by atoms with van der Waals surface area (Å²) in [5.41, 5.74) is 1.71. The van der Waals surface area contributed by atoms with E-state index in [0.717, 1.165) is 0 Å². The number of H-pyrrole nitrogens is 1. The number of hydrogen-bond acceptors (Lipinski definition) is 4. The van der Waals surface area contributed by atoms with Crippen LogP contribution < -0.4 is 5.49 Å². The first-order valence-corrected chi connectivity index (χ1v) is 5.23. The molecule has 84 valence electrons. The van der Waals surface area contributed by atoms with Gasteiger partial charge in [0.05, 0.1) is 10.7 Å². The van der Waals surface area contributed by atoms with Crippen LogP contribution in [0.15, 0.2) is 30.6 Å². The molecule has 6 nitrogen and oxygen atoms in total. The summed E-state index contributed by atoms with van der Waals surface area (Å²) in [6, 6.07) is 7.25. The predicted octanol–water partition coefficient (Wildman–Crippen LogP) is 1.28. The fourth-order valence-electron chi connectivity index (χ4n) is 1.59. The Bertz CT molecular complexity index is 744. The van der Waals surface area contributed by atoms with Gasteiger partial charge in [0.15, 0.2) is 11.0 Å². The zero-order valence-corrected chi connectivity index (χ0v) is 9.31. The molecule has 0 radical (unpaired) electrons. The minimum atomic E-state index is 0.192. The van der Waals surface area contributed by atoms with E-state index in [2.05, 4.69) is 20.4 Å². The minimum absolute atomic E-state index is 0.192. The molecule has 0 aliphatic rings. The molecule has 3 aromatic rings. The van der Waals surface area contributed by atoms with Gasteiger partial charge >= 0.3 is 0 Å². The second-order valence-electron chi connectivity index (χ2n) is 3.41. The molecule has 0 bridgehead atoms. The van der Waals surface area contributed by atoms with Crippen molar-refractivity contribution in [2.24, 2.45) is 0 Å². The number of para-hydroxylation sites is 1. The highest BCUT2D eigenvalue weighted by atomic mass is 35.5. The van der Waals surface area contributed by atoms with Crippen molar-refractivity contribution in [2.75, 3.05) is 0 Å². The van der Waals surface area contributed by atoms with E-state index < -0.39 is 0 Å². The van der Waals surface area contributed by atoms with E-state index in [0.29, 0.717) is 21.9 Å². The smallest absolute Gasteiger partial charge is 0.206 e. The molecule has 0 amide bonds. The van der Waals surface area contributed by atoms with Crippen LogP contribution in [0.2, 0.25) is 5.02 Å². The number of benzene rings is 1. The number of aromatic amines is 1. The number of hydrogen-bond donors (Lipinski definition) is 2. The zero-order chi connectivity index (χ0) is 11.8. The van der Waals surface area contributed by atoms with Gasteiger partial charge in [-0.05, 0) is 12.1 Å². The van der Waals surface area contributed by atoms with Crippen LogP contribution in [-0.4, -0.2) is 25.0 Å². The Morgan fingerprint density at radius 1 is 1.24 bits per heavy atom. The average Bonchev–Trinajstić information content (AvgIpc) is 2.80. The largest absolute Gasteiger partial charge is 0.282 e. The van der Waals surface area contributed by atoms with Gasteiger partial charge in [-0.15, -0.1) is 5.10 Å². The quantitative estimate of drug-likeness (QED) is 0.678. The monoisotopic (exact) mass is 246 g/mol. The van der Waals surface area contributed by atoms with E-state index in [1.807, 2.05) is 18.2 Å². The first-order chi connectivity index (χ1) is 8.27. The molecule has 17 heavy (non-hydrogen) atoms. The van der Waals surface area contributed by atoms with Crippen LogP contribution in [0, 0.1) is 5.41 Å². The van der Waals surface area contributed by atoms with E-state index in [4.69, 9.17) is 17.0 Å². The maximum Gasteiger partial charge on any atom is 0.206 e. The van der Waals surface area contributed by atoms with Crippen LogP contribution in [0.1, 0.15) is 0 Å². The topological polar surface area (TPSA) is 83.2 Å². The number of aromatic nitrogens is 5. The summed E-state index contributed by atoms with van der Waals surface area (Å²) in [6.45, 7) is 0. The van der Waals surface area contributed by atoms with Crippen molar-refractivity contribution in [3.8, 4) is 5.69 Å². The summed E-state index contributed by atoms with van der Waals surface area (Å²) in [4.78, 5) is 4.10. The Hall–Kier alpha value is -2.21. The Morgan fingerprint density at radius 2 is 2.06 bits per heavy atom. The van der Waals surface area contributed by atoms with E-state index in [1.54, 1.807) is 10.6 Å². The highest BCUT2D eigenvalue weighted by molar-refractivity contribution is 6.32. The standard InChI is InChI=1S/C10H7ClN6/c11-6-3-1-2-4-7(6)17-5-13-10-8(9(17)12)14-16-15-10/h1-5,12H,(H,14,15,16). The van der Waals surface area contributed by atoms with Crippen molar-refractivity contribution in [1.82, 2.24) is 25.0 Å². The number of nitrogens with one attached hydrogen (secondary N) is 2. The number of fused-ring (bicyclic) bond motifs is 1. The summed E-state index contributed by atoms with van der Waals surface area (Å²) in [5, 5.41) is 18.7. The Kier molecular flexibility index (Phi) is 2.15. The molecule has 2 heterocycles. The average molecular weight is 247 g/mol. The first-order valence-electron chi connectivity index (χ1n) is 4.85. The van der Waals surface area contributed by atoms with Gasteiger partial charge in [-0.25, -0.2) is 4.98 Å². The maximum absolute atomic E-state index is 8.03. The van der Waals surface area contributed by atoms with Crippen LogP contribution in [0.4, 0.5) is 0 Å². The third-order valence-corrected chi connectivity index (χ3v) is 2.72. The first kappa shape index (κ1) is 9.98. The van der Waals surface area contributed by atoms with Crippen LogP contribution in [0.3, 0.4) is 0 Å². The van der Waals surface area contributed by atoms with Crippen LogP contribution in [-0.2, 0) is 0 Å². The van der Waals surface area contributed by atoms with Gasteiger partial charge in [-0.1, -0.05) is 23.7 Å². The van der Waals surface area contributed by atoms with Crippen LogP contribution in [0.5, 0.6) is 0 Å². The number of halogens is 1. The lowest BCUT2D eigenvalue weighted by molar-refractivity contribution is 0.903. The van der Waals surface area contributed by atoms with Gasteiger partial charge in [0.25, 0.3) is 0 Å². The predicted molar refractivity (Wildman–Crippen MR) is 61.9 cm³/mol. The molecule has 0 aliphatic heterocycles. The highest BCUT2D eigenvalue weighted by Gasteiger charge is 2.08. The molecule has 3 rings (SSSR count). The minimum Gasteiger partial charge on any atom is -0.282 e. The van der Waals surface area contributed by atoms with Crippen molar-refractivity contribution in [3.63, 3.8) is 0 Å². The van der Waals surface area contributed by atoms with Gasteiger partial charge in [0, 0.05) is 0 Å². The Balaban J connectivity index is 2.35. The molecule has 0 spiro atoms. The zero-order valence-electron chi connectivity index (χ0n) is 8.55. The van der Waals surface area contributed by atoms with Crippen molar-refractivity contribution in [3.05, 3.63) is 41.1 Å². The van der Waals surface area contributed by atoms with Gasteiger partial charge in [0.2, 0.25) is 5.65 Å². The normalized spacial score (nSPS) is 10.9. The van der Waals surface area contributed by atoms with Gasteiger partial charge in [-0.3, -0.25) is 9.98 Å². The second-order valence-corrected chi connectivity index (χ2v) is 3.82. The van der Waals surface area contributed by atoms with E-state index in [-0.39, 0.29) is 5.49 Å². The molecule has 7 heteroatoms. The van der Waals surface area contributed by atoms with Gasteiger partial charge < -0.3 is 0 Å². The fourth-order valence-corrected chi connectivity index (χ4v) is 1.81. The lowest BCUT2D eigenvalue weighted by Crippen LogP contribution is -2.19. The summed E-state index contributed by atoms with van der Waals surface area (Å²) < 4.78 is 1.56. The molecular formula is C10H7ClN6. The molecule has 2 aromatic heterocycles. The van der Waals surface area contributed by atoms with Gasteiger partial charge in [-0.2, -0.15) is 10.3 Å². The molecule has 0 atom stereocenters. The molecule has 0 saturated heterocycles. The summed E-state index contributed by atoms with van der Waals surface area (Å²) in [5.74, 6) is 0. The lowest BCUT2D eigenvalue weighted by atomic mass is 10.3. The highest BCUT2D eigenvalue weighted by Crippen LogP contribution is 2.17. The molecule has 1 aromatic carbocycles. The third-order valence-electron chi connectivity index (χ3n) is 2.40. The summed E-state index contributed by atoms with van der Waals surface area (Å²) in [7, 11) is 0. The maximum atomic E-state index is 8.03. The van der Waals surface area contributed by atoms with E-state index in [1.165, 1.54) is 6.33 Å². The molecule has 2 N–H and O–H groups in total. The van der Waals surface area contributed by atoms with E-state index >= 15 is 0 Å². The molecule has 0 unspecified atom stereocenters. The SMILES string of the molecule is N=c1c2n[nH]nc2ncn1-c1ccccc1Cl. The molecular weight excluding hydrogens is 240 g/mol. The van der Waals surface area contributed by atoms with Crippen molar-refractivity contribution < 1.29 is 0 Å². The second kappa shape index (κ2) is 3.67. The van der Waals surface area contributed by atoms with Gasteiger partial charge in [0.1, 0.15) is 6.33 Å². The van der Waals surface area contributed by atoms with E-state index in [9.17, 15) is 0 Å². The number of rotatable bonds is 1. The Morgan fingerprint density at radius 3 is 2.88 bits per heavy atom. The van der Waals surface area contributed by atoms with Crippen molar-refractivity contribution in [1.29, 1.82) is 5.41 Å². The van der Waals surface area contributed by atoms with Crippen molar-refractivity contribution in [2.45, 2.75) is 0 Å². The number of nitrogens with zero attached hydrogens (tertiary/aromatic N) is 4. The lowest BCUT2D eigenvalue weighted by Gasteiger charge is -2.07. The molecule has 0 fully saturated rings. The fraction of sp³-hybridized carbons (Fsp3) is 0. The molecule has 0 aliphatic carbocycles. The summed E-state index contributed by atoms with van der Waals surface area (Å²) >= 11 is 6.08. The third kappa shape index (κ3) is 1.50. The van der Waals surface area contributed by atoms with Crippen molar-refractivity contribution >= 4 is 22.8 Å². The molecule has 0 saturated carbocycles. The van der Waals surface area contributed by atoms with Crippen LogP contribution in [0.25, 0.3) is 16.9 Å².